The monoisotopic (exact) mass is 221 g/mol. The molecule has 10 heavy (non-hydrogen) atoms. The van der Waals surface area contributed by atoms with Gasteiger partial charge in [-0.05, 0) is 0 Å². The van der Waals surface area contributed by atoms with Gasteiger partial charge in [0, 0.05) is 46.8 Å². The normalized spacial score (nSPS) is 4.80. The van der Waals surface area contributed by atoms with E-state index in [2.05, 4.69) is 17.6 Å². The largest absolute Gasteiger partial charge is 0.358 e. The number of carbonyl (C=O) groups is 1. The van der Waals surface area contributed by atoms with Gasteiger partial charge in [0.05, 0.1) is 0 Å². The molecule has 0 spiro atoms. The topological polar surface area (TPSA) is 41.1 Å². The van der Waals surface area contributed by atoms with Crippen LogP contribution in [-0.4, -0.2) is 20.1 Å². The number of rotatable bonds is 0. The third-order valence-electron chi connectivity index (χ3n) is 0.454. The average Bonchev–Trinajstić information content (AvgIpc) is 1.91. The van der Waals surface area contributed by atoms with E-state index in [9.17, 15) is 4.79 Å². The van der Waals surface area contributed by atoms with Crippen molar-refractivity contribution in [1.29, 1.82) is 0 Å². The zero-order chi connectivity index (χ0) is 6.99. The molecule has 0 atom stereocenters. The van der Waals surface area contributed by atoms with Crippen LogP contribution in [0.4, 0.5) is 4.79 Å². The van der Waals surface area contributed by atoms with Gasteiger partial charge in [0.15, 0.2) is 0 Å². The van der Waals surface area contributed by atoms with Crippen molar-refractivity contribution in [3.05, 3.63) is 14.4 Å². The minimum absolute atomic E-state index is 0. The van der Waals surface area contributed by atoms with Crippen LogP contribution in [0, 0.1) is 14.4 Å². The summed E-state index contributed by atoms with van der Waals surface area (Å²) in [6.07, 6.45) is 0. The molecular weight excluding hydrogens is 205 g/mol. The zero-order valence-electron chi connectivity index (χ0n) is 7.19. The Hall–Kier alpha value is 0.374. The van der Waals surface area contributed by atoms with Gasteiger partial charge in [-0.1, -0.05) is 0 Å². The van der Waals surface area contributed by atoms with Crippen LogP contribution in [0.25, 0.3) is 0 Å². The van der Waals surface area contributed by atoms with E-state index in [4.69, 9.17) is 0 Å². The van der Waals surface area contributed by atoms with Gasteiger partial charge in [0.2, 0.25) is 0 Å². The molecule has 0 unspecified atom stereocenters. The maximum Gasteiger partial charge on any atom is 0.314 e. The summed E-state index contributed by atoms with van der Waals surface area (Å²) in [4.78, 5) is 9.96. The van der Waals surface area contributed by atoms with E-state index in [0.717, 1.165) is 0 Å². The van der Waals surface area contributed by atoms with Gasteiger partial charge >= 0.3 is 6.03 Å². The predicted molar refractivity (Wildman–Crippen MR) is 41.0 cm³/mol. The molecule has 0 aliphatic carbocycles. The summed E-state index contributed by atoms with van der Waals surface area (Å²) in [5.74, 6) is 0. The first-order chi connectivity index (χ1) is 3.81. The van der Waals surface area contributed by atoms with Crippen LogP contribution in [0.2, 0.25) is 0 Å². The summed E-state index contributed by atoms with van der Waals surface area (Å²) >= 11 is 0. The molecule has 0 fully saturated rings. The molecule has 0 aromatic rings. The molecular formula is C6H16N2OY-2. The molecule has 0 saturated heterocycles. The van der Waals surface area contributed by atoms with E-state index in [0.29, 0.717) is 0 Å². The molecule has 0 rings (SSSR count). The molecule has 2 amide bonds. The summed E-state index contributed by atoms with van der Waals surface area (Å²) in [5.41, 5.74) is 0. The molecule has 0 aromatic heterocycles. The molecule has 0 saturated carbocycles. The molecule has 2 N–H and O–H groups in total. The van der Waals surface area contributed by atoms with Crippen LogP contribution in [0.15, 0.2) is 0 Å². The van der Waals surface area contributed by atoms with E-state index >= 15 is 0 Å². The number of hydrogen-bond acceptors (Lipinski definition) is 1. The summed E-state index contributed by atoms with van der Waals surface area (Å²) in [6, 6.07) is -0.157. The first-order valence-corrected chi connectivity index (χ1v) is 2.41. The van der Waals surface area contributed by atoms with Gasteiger partial charge in [-0.2, -0.15) is 6.92 Å². The van der Waals surface area contributed by atoms with Crippen LogP contribution in [0.5, 0.6) is 0 Å². The molecule has 4 heteroatoms. The molecule has 0 aromatic carbocycles. The first kappa shape index (κ1) is 22.4. The average molecular weight is 221 g/mol. The van der Waals surface area contributed by atoms with Gasteiger partial charge in [0.25, 0.3) is 0 Å². The fourth-order valence-corrected chi connectivity index (χ4v) is 0.125. The molecule has 0 aliphatic rings. The van der Waals surface area contributed by atoms with Crippen molar-refractivity contribution < 1.29 is 37.5 Å². The van der Waals surface area contributed by atoms with E-state index in [1.807, 2.05) is 0 Å². The van der Waals surface area contributed by atoms with Crippen molar-refractivity contribution in [1.82, 2.24) is 10.6 Å². The summed E-state index contributed by atoms with van der Waals surface area (Å²) in [5, 5.41) is 4.73. The van der Waals surface area contributed by atoms with Crippen molar-refractivity contribution in [2.75, 3.05) is 14.1 Å². The number of carbonyl (C=O) groups excluding carboxylic acids is 1. The summed E-state index contributed by atoms with van der Waals surface area (Å²) < 4.78 is 0. The smallest absolute Gasteiger partial charge is 0.314 e. The zero-order valence-corrected chi connectivity index (χ0v) is 10.0. The fourth-order valence-electron chi connectivity index (χ4n) is 0.125. The molecule has 1 radical (unpaired) electrons. The van der Waals surface area contributed by atoms with Crippen molar-refractivity contribution >= 4 is 6.03 Å². The van der Waals surface area contributed by atoms with Crippen LogP contribution in [-0.2, 0) is 32.7 Å². The minimum atomic E-state index is -0.157. The third-order valence-corrected chi connectivity index (χ3v) is 0.454. The maximum absolute atomic E-state index is 9.96. The Morgan fingerprint density at radius 1 is 1.20 bits per heavy atom. The second-order valence-corrected chi connectivity index (χ2v) is 0.829. The fraction of sp³-hybridized carbons (Fsp3) is 0.500. The van der Waals surface area contributed by atoms with E-state index in [1.165, 1.54) is 0 Å². The molecule has 3 nitrogen and oxygen atoms in total. The Balaban J connectivity index is -0.0000000412. The van der Waals surface area contributed by atoms with Crippen molar-refractivity contribution in [3.63, 3.8) is 0 Å². The molecule has 61 valence electrons. The predicted octanol–water partition coefficient (Wildman–Crippen LogP) is 0.833. The SMILES string of the molecule is CNC(=O)NC.[CH2-]C.[CH3-].[Y]. The van der Waals surface area contributed by atoms with Crippen molar-refractivity contribution in [2.24, 2.45) is 0 Å². The van der Waals surface area contributed by atoms with Gasteiger partial charge < -0.3 is 25.0 Å². The summed E-state index contributed by atoms with van der Waals surface area (Å²) in [7, 11) is 3.14. The Morgan fingerprint density at radius 2 is 1.40 bits per heavy atom. The first-order valence-electron chi connectivity index (χ1n) is 2.41. The standard InChI is InChI=1S/C3H8N2O.C2H5.CH3.Y/c1-4-3(6)5-2;1-2;;/h1-2H3,(H2,4,5,6);1H2,2H3;1H3;/q;2*-1;. The Labute approximate surface area is 89.2 Å². The number of urea groups is 1. The van der Waals surface area contributed by atoms with Gasteiger partial charge in [-0.15, -0.1) is 0 Å². The Morgan fingerprint density at radius 3 is 1.40 bits per heavy atom. The van der Waals surface area contributed by atoms with Crippen LogP contribution in [0.1, 0.15) is 6.92 Å². The second kappa shape index (κ2) is 22.8. The van der Waals surface area contributed by atoms with Gasteiger partial charge in [-0.25, -0.2) is 4.79 Å². The van der Waals surface area contributed by atoms with E-state index in [1.54, 1.807) is 21.0 Å². The second-order valence-electron chi connectivity index (χ2n) is 0.829. The summed E-state index contributed by atoms with van der Waals surface area (Å²) in [6.45, 7) is 5.00. The van der Waals surface area contributed by atoms with Crippen molar-refractivity contribution in [2.45, 2.75) is 6.92 Å². The van der Waals surface area contributed by atoms with E-state index < -0.39 is 0 Å². The third kappa shape index (κ3) is 23.8. The number of hydrogen-bond donors (Lipinski definition) is 2. The number of nitrogens with one attached hydrogen (secondary N) is 2. The van der Waals surface area contributed by atoms with Crippen LogP contribution in [0.3, 0.4) is 0 Å². The van der Waals surface area contributed by atoms with Gasteiger partial charge in [-0.3, -0.25) is 0 Å². The van der Waals surface area contributed by atoms with E-state index in [-0.39, 0.29) is 46.2 Å². The Bertz CT molecular complexity index is 53.7. The Kier molecular flexibility index (Phi) is 51.1. The molecule has 0 heterocycles. The quantitative estimate of drug-likeness (QED) is 0.584. The number of amides is 2. The molecule has 0 aliphatic heterocycles. The van der Waals surface area contributed by atoms with Crippen LogP contribution >= 0.6 is 0 Å². The molecule has 0 bridgehead atoms. The van der Waals surface area contributed by atoms with Crippen molar-refractivity contribution in [3.8, 4) is 0 Å². The van der Waals surface area contributed by atoms with Gasteiger partial charge in [0.1, 0.15) is 0 Å². The van der Waals surface area contributed by atoms with Crippen LogP contribution < -0.4 is 10.6 Å². The maximum atomic E-state index is 9.96. The minimum Gasteiger partial charge on any atom is -0.358 e.